The van der Waals surface area contributed by atoms with E-state index in [9.17, 15) is 4.79 Å². The topological polar surface area (TPSA) is 69.7 Å². The molecule has 30 heavy (non-hydrogen) atoms. The van der Waals surface area contributed by atoms with E-state index in [0.29, 0.717) is 30.4 Å². The molecule has 4 rings (SSSR count). The monoisotopic (exact) mass is 422 g/mol. The van der Waals surface area contributed by atoms with E-state index in [1.54, 1.807) is 25.4 Å². The standard InChI is InChI=1S/C23H22N2O4S/c1-27-23-13-21(9-10-24-23)29-20-4-2-3-16(11-20)14-28-19-7-5-17(6-8-19)18-12-22(26)25-30-15-18/h2-11,13,18H,12,14-15H2,1H3,(H,25,26). The molecular formula is C23H22N2O4S. The van der Waals surface area contributed by atoms with Crippen molar-refractivity contribution in [3.63, 3.8) is 0 Å². The number of hydrogen-bond donors (Lipinski definition) is 1. The lowest BCUT2D eigenvalue weighted by atomic mass is 9.97. The summed E-state index contributed by atoms with van der Waals surface area (Å²) >= 11 is 1.47. The first kappa shape index (κ1) is 20.1. The van der Waals surface area contributed by atoms with Crippen molar-refractivity contribution in [3.8, 4) is 23.1 Å². The largest absolute Gasteiger partial charge is 0.489 e. The summed E-state index contributed by atoms with van der Waals surface area (Å²) in [6.07, 6.45) is 2.17. The van der Waals surface area contributed by atoms with Crippen LogP contribution in [0.1, 0.15) is 23.5 Å². The van der Waals surface area contributed by atoms with Crippen LogP contribution in [0.25, 0.3) is 0 Å². The van der Waals surface area contributed by atoms with Crippen molar-refractivity contribution in [2.24, 2.45) is 0 Å². The molecule has 0 aliphatic carbocycles. The second-order valence-electron chi connectivity index (χ2n) is 6.88. The molecule has 0 spiro atoms. The van der Waals surface area contributed by atoms with E-state index in [1.807, 2.05) is 48.5 Å². The smallest absolute Gasteiger partial charge is 0.230 e. The molecule has 2 aromatic carbocycles. The Kier molecular flexibility index (Phi) is 6.39. The van der Waals surface area contributed by atoms with Crippen molar-refractivity contribution in [1.29, 1.82) is 0 Å². The van der Waals surface area contributed by atoms with Crippen LogP contribution in [0, 0.1) is 0 Å². The zero-order valence-corrected chi connectivity index (χ0v) is 17.4. The lowest BCUT2D eigenvalue weighted by Gasteiger charge is -2.21. The molecule has 2 heterocycles. The number of amides is 1. The van der Waals surface area contributed by atoms with Gasteiger partial charge in [-0.3, -0.25) is 4.79 Å². The van der Waals surface area contributed by atoms with Gasteiger partial charge in [0.05, 0.1) is 7.11 Å². The molecule has 6 nitrogen and oxygen atoms in total. The first-order chi connectivity index (χ1) is 14.7. The van der Waals surface area contributed by atoms with Crippen molar-refractivity contribution in [2.75, 3.05) is 12.9 Å². The number of aromatic nitrogens is 1. The highest BCUT2D eigenvalue weighted by Crippen LogP contribution is 2.29. The number of nitrogens with zero attached hydrogens (tertiary/aromatic N) is 1. The number of carbonyl (C=O) groups excluding carboxylic acids is 1. The summed E-state index contributed by atoms with van der Waals surface area (Å²) in [4.78, 5) is 15.6. The van der Waals surface area contributed by atoms with E-state index in [-0.39, 0.29) is 11.8 Å². The molecule has 154 valence electrons. The second-order valence-corrected chi connectivity index (χ2v) is 7.70. The summed E-state index contributed by atoms with van der Waals surface area (Å²) in [5.74, 6) is 3.89. The summed E-state index contributed by atoms with van der Waals surface area (Å²) in [5, 5.41) is 0. The zero-order chi connectivity index (χ0) is 20.8. The van der Waals surface area contributed by atoms with Gasteiger partial charge in [-0.05, 0) is 53.4 Å². The minimum absolute atomic E-state index is 0.0869. The van der Waals surface area contributed by atoms with Crippen LogP contribution >= 0.6 is 11.9 Å². The fourth-order valence-corrected chi connectivity index (χ4v) is 4.00. The summed E-state index contributed by atoms with van der Waals surface area (Å²) in [5.41, 5.74) is 2.16. The van der Waals surface area contributed by atoms with Crippen LogP contribution in [0.15, 0.2) is 66.9 Å². The fourth-order valence-electron chi connectivity index (χ4n) is 3.17. The number of nitrogens with one attached hydrogen (secondary N) is 1. The third kappa shape index (κ3) is 5.24. The summed E-state index contributed by atoms with van der Waals surface area (Å²) < 4.78 is 19.7. The van der Waals surface area contributed by atoms with Gasteiger partial charge >= 0.3 is 0 Å². The van der Waals surface area contributed by atoms with Gasteiger partial charge < -0.3 is 18.9 Å². The summed E-state index contributed by atoms with van der Waals surface area (Å²) in [7, 11) is 1.57. The van der Waals surface area contributed by atoms with Gasteiger partial charge in [-0.25, -0.2) is 4.98 Å². The van der Waals surface area contributed by atoms with Crippen molar-refractivity contribution >= 4 is 17.9 Å². The molecule has 1 aromatic heterocycles. The Morgan fingerprint density at radius 2 is 1.90 bits per heavy atom. The third-order valence-corrected chi connectivity index (χ3v) is 5.65. The van der Waals surface area contributed by atoms with Gasteiger partial charge in [0.15, 0.2) is 0 Å². The van der Waals surface area contributed by atoms with Crippen LogP contribution in [-0.2, 0) is 11.4 Å². The molecule has 3 aromatic rings. The van der Waals surface area contributed by atoms with Gasteiger partial charge in [0.2, 0.25) is 11.8 Å². The SMILES string of the molecule is COc1cc(Oc2cccc(COc3ccc(C4CSNC(=O)C4)cc3)c2)ccn1. The van der Waals surface area contributed by atoms with E-state index in [2.05, 4.69) is 9.71 Å². The Morgan fingerprint density at radius 3 is 2.70 bits per heavy atom. The molecule has 1 unspecified atom stereocenters. The minimum Gasteiger partial charge on any atom is -0.489 e. The highest BCUT2D eigenvalue weighted by molar-refractivity contribution is 7.98. The Labute approximate surface area is 179 Å². The molecule has 1 saturated heterocycles. The summed E-state index contributed by atoms with van der Waals surface area (Å²) in [6, 6.07) is 19.3. The van der Waals surface area contributed by atoms with Crippen LogP contribution in [0.5, 0.6) is 23.1 Å². The average molecular weight is 423 g/mol. The molecule has 1 N–H and O–H groups in total. The van der Waals surface area contributed by atoms with Gasteiger partial charge in [0.1, 0.15) is 23.9 Å². The Balaban J connectivity index is 1.35. The minimum atomic E-state index is 0.0869. The highest BCUT2D eigenvalue weighted by Gasteiger charge is 2.21. The van der Waals surface area contributed by atoms with Gasteiger partial charge in [0.25, 0.3) is 0 Å². The molecular weight excluding hydrogens is 400 g/mol. The molecule has 0 bridgehead atoms. The van der Waals surface area contributed by atoms with E-state index in [1.165, 1.54) is 11.9 Å². The zero-order valence-electron chi connectivity index (χ0n) is 16.5. The van der Waals surface area contributed by atoms with Crippen LogP contribution in [-0.4, -0.2) is 23.8 Å². The summed E-state index contributed by atoms with van der Waals surface area (Å²) in [6.45, 7) is 0.428. The lowest BCUT2D eigenvalue weighted by Crippen LogP contribution is -2.26. The van der Waals surface area contributed by atoms with Gasteiger partial charge in [-0.15, -0.1) is 0 Å². The first-order valence-corrected chi connectivity index (χ1v) is 10.6. The maximum absolute atomic E-state index is 11.6. The second kappa shape index (κ2) is 9.54. The number of benzene rings is 2. The maximum Gasteiger partial charge on any atom is 0.230 e. The number of pyridine rings is 1. The van der Waals surface area contributed by atoms with Gasteiger partial charge in [-0.2, -0.15) is 0 Å². The van der Waals surface area contributed by atoms with E-state index in [0.717, 1.165) is 22.6 Å². The number of hydrogen-bond acceptors (Lipinski definition) is 6. The fraction of sp³-hybridized carbons (Fsp3) is 0.217. The number of ether oxygens (including phenoxy) is 3. The lowest BCUT2D eigenvalue weighted by molar-refractivity contribution is -0.119. The Bertz CT molecular complexity index is 1010. The van der Waals surface area contributed by atoms with Crippen molar-refractivity contribution in [2.45, 2.75) is 18.9 Å². The van der Waals surface area contributed by atoms with Crippen LogP contribution in [0.3, 0.4) is 0 Å². The van der Waals surface area contributed by atoms with Gasteiger partial charge in [-0.1, -0.05) is 24.3 Å². The predicted octanol–water partition coefficient (Wildman–Crippen LogP) is 4.71. The number of methoxy groups -OCH3 is 1. The third-order valence-electron chi connectivity index (χ3n) is 4.71. The van der Waals surface area contributed by atoms with Crippen molar-refractivity contribution in [3.05, 3.63) is 78.0 Å². The first-order valence-electron chi connectivity index (χ1n) is 9.60. The molecule has 1 atom stereocenters. The molecule has 0 radical (unpaired) electrons. The van der Waals surface area contributed by atoms with Crippen molar-refractivity contribution in [1.82, 2.24) is 9.71 Å². The van der Waals surface area contributed by atoms with Crippen LogP contribution in [0.4, 0.5) is 0 Å². The van der Waals surface area contributed by atoms with Crippen LogP contribution < -0.4 is 18.9 Å². The number of carbonyl (C=O) groups is 1. The normalized spacial score (nSPS) is 15.9. The molecule has 1 fully saturated rings. The van der Waals surface area contributed by atoms with Crippen molar-refractivity contribution < 1.29 is 19.0 Å². The molecule has 0 saturated carbocycles. The van der Waals surface area contributed by atoms with E-state index >= 15 is 0 Å². The Hall–Kier alpha value is -3.19. The quantitative estimate of drug-likeness (QED) is 0.556. The molecule has 7 heteroatoms. The molecule has 1 aliphatic heterocycles. The predicted molar refractivity (Wildman–Crippen MR) is 116 cm³/mol. The maximum atomic E-state index is 11.6. The molecule has 1 amide bonds. The van der Waals surface area contributed by atoms with Crippen LogP contribution in [0.2, 0.25) is 0 Å². The number of rotatable bonds is 7. The van der Waals surface area contributed by atoms with Gasteiger partial charge in [0, 0.05) is 30.4 Å². The highest BCUT2D eigenvalue weighted by atomic mass is 32.2. The Morgan fingerprint density at radius 1 is 1.07 bits per heavy atom. The van der Waals surface area contributed by atoms with E-state index in [4.69, 9.17) is 14.2 Å². The average Bonchev–Trinajstić information content (AvgIpc) is 2.78. The molecule has 1 aliphatic rings. The van der Waals surface area contributed by atoms with E-state index < -0.39 is 0 Å².